The number of rotatable bonds is 2. The van der Waals surface area contributed by atoms with E-state index in [2.05, 4.69) is 0 Å². The maximum Gasteiger partial charge on any atom is 0.0686 e. The average Bonchev–Trinajstić information content (AvgIpc) is 2.47. The Kier molecular flexibility index (Phi) is 2.68. The number of fused-ring (bicyclic) bond motifs is 1. The van der Waals surface area contributed by atoms with Gasteiger partial charge in [0, 0.05) is 6.61 Å². The third-order valence-electron chi connectivity index (χ3n) is 9.57. The fourth-order valence-electron chi connectivity index (χ4n) is 9.72. The predicted molar refractivity (Wildman–Crippen MR) is 88.6 cm³/mol. The maximum absolute atomic E-state index is 11.6. The molecule has 5 unspecified atom stereocenters. The molecule has 2 heteroatoms. The molecule has 2 nitrogen and oxygen atoms in total. The lowest BCUT2D eigenvalue weighted by Gasteiger charge is -2.67. The first kappa shape index (κ1) is 14.1. The van der Waals surface area contributed by atoms with Gasteiger partial charge in [-0.3, -0.25) is 0 Å². The zero-order valence-electron chi connectivity index (χ0n) is 14.3. The van der Waals surface area contributed by atoms with E-state index < -0.39 is 0 Å². The van der Waals surface area contributed by atoms with Crippen LogP contribution in [0.1, 0.15) is 64.2 Å². The van der Waals surface area contributed by atoms with Crippen LogP contribution in [0, 0.1) is 52.8 Å². The minimum atomic E-state index is -0.304. The number of hydrogen-bond donors (Lipinski definition) is 2. The molecule has 23 heavy (non-hydrogen) atoms. The molecule has 0 heterocycles. The molecule has 2 N–H and O–H groups in total. The van der Waals surface area contributed by atoms with E-state index in [4.69, 9.17) is 0 Å². The van der Waals surface area contributed by atoms with Crippen molar-refractivity contribution in [2.45, 2.75) is 69.8 Å². The molecule has 0 amide bonds. The van der Waals surface area contributed by atoms with Crippen molar-refractivity contribution in [3.05, 3.63) is 0 Å². The van der Waals surface area contributed by atoms with Crippen LogP contribution in [0.4, 0.5) is 0 Å². The van der Waals surface area contributed by atoms with E-state index in [0.29, 0.717) is 12.5 Å². The van der Waals surface area contributed by atoms with Crippen LogP contribution in [-0.2, 0) is 0 Å². The molecule has 0 aromatic carbocycles. The molecule has 0 aliphatic heterocycles. The van der Waals surface area contributed by atoms with E-state index in [9.17, 15) is 10.2 Å². The molecule has 0 spiro atoms. The Labute approximate surface area is 140 Å². The summed E-state index contributed by atoms with van der Waals surface area (Å²) in [5.74, 6) is 6.45. The summed E-state index contributed by atoms with van der Waals surface area (Å²) < 4.78 is 0. The van der Waals surface area contributed by atoms with Gasteiger partial charge in [-0.1, -0.05) is 0 Å². The van der Waals surface area contributed by atoms with Crippen molar-refractivity contribution in [1.82, 2.24) is 0 Å². The first-order valence-corrected chi connectivity index (χ1v) is 10.4. The Morgan fingerprint density at radius 1 is 0.696 bits per heavy atom. The molecule has 8 rings (SSSR count). The molecule has 8 aliphatic rings. The lowest BCUT2D eigenvalue weighted by molar-refractivity contribution is -0.230. The topological polar surface area (TPSA) is 40.5 Å². The van der Waals surface area contributed by atoms with E-state index in [1.807, 2.05) is 0 Å². The predicted octanol–water partition coefficient (Wildman–Crippen LogP) is 3.61. The normalized spacial score (nSPS) is 65.5. The van der Waals surface area contributed by atoms with Crippen molar-refractivity contribution < 1.29 is 10.2 Å². The largest absolute Gasteiger partial charge is 0.396 e. The van der Waals surface area contributed by atoms with Crippen LogP contribution < -0.4 is 0 Å². The van der Waals surface area contributed by atoms with Crippen LogP contribution in [0.3, 0.4) is 0 Å². The van der Waals surface area contributed by atoms with Gasteiger partial charge in [-0.2, -0.15) is 0 Å². The second-order valence-corrected chi connectivity index (χ2v) is 10.9. The maximum atomic E-state index is 11.6. The summed E-state index contributed by atoms with van der Waals surface area (Å²) in [4.78, 5) is 0. The summed E-state index contributed by atoms with van der Waals surface area (Å²) in [5.41, 5.74) is -0.0251. The molecule has 0 aromatic heterocycles. The van der Waals surface area contributed by atoms with Crippen LogP contribution in [0.15, 0.2) is 0 Å². The van der Waals surface area contributed by atoms with Gasteiger partial charge >= 0.3 is 0 Å². The van der Waals surface area contributed by atoms with Crippen molar-refractivity contribution in [3.8, 4) is 0 Å². The molecular formula is C21H32O2. The first-order valence-electron chi connectivity index (χ1n) is 10.4. The van der Waals surface area contributed by atoms with Crippen LogP contribution in [0.5, 0.6) is 0 Å². The lowest BCUT2D eigenvalue weighted by atomic mass is 9.39. The Balaban J connectivity index is 1.36. The summed E-state index contributed by atoms with van der Waals surface area (Å²) in [6, 6.07) is 0. The van der Waals surface area contributed by atoms with Crippen molar-refractivity contribution >= 4 is 0 Å². The highest BCUT2D eigenvalue weighted by atomic mass is 16.3. The van der Waals surface area contributed by atoms with Crippen LogP contribution in [-0.4, -0.2) is 22.4 Å². The third-order valence-corrected chi connectivity index (χ3v) is 9.57. The minimum absolute atomic E-state index is 0.279. The molecule has 128 valence electrons. The zero-order chi connectivity index (χ0) is 15.4. The van der Waals surface area contributed by atoms with Gasteiger partial charge in [0.25, 0.3) is 0 Å². The smallest absolute Gasteiger partial charge is 0.0686 e. The second kappa shape index (κ2) is 4.36. The van der Waals surface area contributed by atoms with E-state index >= 15 is 0 Å². The SMILES string of the molecule is OCC12CC3CC(C1)C(C1C4CC5CC(C4)CC1(O)C5)C(C3)C2. The van der Waals surface area contributed by atoms with E-state index in [1.165, 1.54) is 51.4 Å². The molecule has 8 fully saturated rings. The molecular weight excluding hydrogens is 284 g/mol. The molecule has 8 aliphatic carbocycles. The monoisotopic (exact) mass is 316 g/mol. The van der Waals surface area contributed by atoms with Crippen LogP contribution in [0.2, 0.25) is 0 Å². The Bertz CT molecular complexity index is 498. The van der Waals surface area contributed by atoms with Gasteiger partial charge in [-0.25, -0.2) is 0 Å². The van der Waals surface area contributed by atoms with Crippen molar-refractivity contribution in [2.24, 2.45) is 52.8 Å². The zero-order valence-corrected chi connectivity index (χ0v) is 14.3. The minimum Gasteiger partial charge on any atom is -0.396 e. The molecule has 8 saturated carbocycles. The summed E-state index contributed by atoms with van der Waals surface area (Å²) in [5, 5.41) is 21.7. The van der Waals surface area contributed by atoms with Crippen LogP contribution >= 0.6 is 0 Å². The van der Waals surface area contributed by atoms with Crippen LogP contribution in [0.25, 0.3) is 0 Å². The van der Waals surface area contributed by atoms with Crippen molar-refractivity contribution in [1.29, 1.82) is 0 Å². The first-order chi connectivity index (χ1) is 11.1. The van der Waals surface area contributed by atoms with Gasteiger partial charge in [0.1, 0.15) is 0 Å². The summed E-state index contributed by atoms with van der Waals surface area (Å²) in [6.45, 7) is 0.422. The summed E-state index contributed by atoms with van der Waals surface area (Å²) in [7, 11) is 0. The van der Waals surface area contributed by atoms with E-state index in [0.717, 1.165) is 54.3 Å². The van der Waals surface area contributed by atoms with E-state index in [1.54, 1.807) is 0 Å². The lowest BCUT2D eigenvalue weighted by Crippen LogP contribution is -2.64. The highest BCUT2D eigenvalue weighted by Gasteiger charge is 2.64. The van der Waals surface area contributed by atoms with Gasteiger partial charge in [-0.05, 0) is 117 Å². The second-order valence-electron chi connectivity index (χ2n) is 10.9. The van der Waals surface area contributed by atoms with Gasteiger partial charge < -0.3 is 10.2 Å². The number of aliphatic hydroxyl groups excluding tert-OH is 1. The Morgan fingerprint density at radius 2 is 1.26 bits per heavy atom. The van der Waals surface area contributed by atoms with Gasteiger partial charge in [0.2, 0.25) is 0 Å². The Morgan fingerprint density at radius 3 is 1.83 bits per heavy atom. The summed E-state index contributed by atoms with van der Waals surface area (Å²) >= 11 is 0. The quantitative estimate of drug-likeness (QED) is 0.817. The molecule has 5 atom stereocenters. The molecule has 8 bridgehead atoms. The Hall–Kier alpha value is -0.0800. The third kappa shape index (κ3) is 1.78. The van der Waals surface area contributed by atoms with Gasteiger partial charge in [-0.15, -0.1) is 0 Å². The van der Waals surface area contributed by atoms with Crippen molar-refractivity contribution in [3.63, 3.8) is 0 Å². The number of aliphatic hydroxyl groups is 2. The highest BCUT2D eigenvalue weighted by molar-refractivity contribution is 5.14. The molecule has 0 radical (unpaired) electrons. The number of hydrogen-bond acceptors (Lipinski definition) is 2. The van der Waals surface area contributed by atoms with E-state index in [-0.39, 0.29) is 11.0 Å². The highest BCUT2D eigenvalue weighted by Crippen LogP contribution is 2.69. The molecule has 0 saturated heterocycles. The fourth-order valence-corrected chi connectivity index (χ4v) is 9.72. The molecule has 0 aromatic rings. The van der Waals surface area contributed by atoms with Crippen molar-refractivity contribution in [2.75, 3.05) is 6.61 Å². The standard InChI is InChI=1S/C21H32O2/c22-11-20-6-14-4-16(9-20)18(17(5-14)10-20)19-15-2-12-1-13(3-15)8-21(19,23)7-12/h12-19,22-23H,1-11H2. The van der Waals surface area contributed by atoms with Gasteiger partial charge in [0.15, 0.2) is 0 Å². The summed E-state index contributed by atoms with van der Waals surface area (Å²) in [6.07, 6.45) is 13.2. The fraction of sp³-hybridized carbons (Fsp3) is 1.00. The van der Waals surface area contributed by atoms with Gasteiger partial charge in [0.05, 0.1) is 5.60 Å². The average molecular weight is 316 g/mol.